The highest BCUT2D eigenvalue weighted by molar-refractivity contribution is 5.91. The number of Topliss-reactive ketones (excluding diaryl/α,β-unsaturated/α-hetero) is 1. The number of rotatable bonds is 4. The summed E-state index contributed by atoms with van der Waals surface area (Å²) >= 11 is 0. The van der Waals surface area contributed by atoms with Crippen LogP contribution >= 0.6 is 0 Å². The van der Waals surface area contributed by atoms with Crippen LogP contribution < -0.4 is 11.5 Å². The first-order valence-corrected chi connectivity index (χ1v) is 2.89. The third kappa shape index (κ3) is 2.62. The van der Waals surface area contributed by atoms with Gasteiger partial charge in [-0.1, -0.05) is 0 Å². The first kappa shape index (κ1) is 10.0. The van der Waals surface area contributed by atoms with Crippen molar-refractivity contribution >= 4 is 11.7 Å². The molecule has 0 aliphatic heterocycles. The van der Waals surface area contributed by atoms with E-state index in [9.17, 15) is 9.59 Å². The summed E-state index contributed by atoms with van der Waals surface area (Å²) in [6.07, 6.45) is -3.68. The van der Waals surface area contributed by atoms with Crippen molar-refractivity contribution in [3.8, 4) is 0 Å². The lowest BCUT2D eigenvalue weighted by Gasteiger charge is -2.11. The van der Waals surface area contributed by atoms with Crippen LogP contribution in [-0.2, 0) is 9.59 Å². The van der Waals surface area contributed by atoms with Crippen LogP contribution in [0.15, 0.2) is 0 Å². The molecule has 0 aliphatic rings. The highest BCUT2D eigenvalue weighted by Crippen LogP contribution is 1.92. The summed E-state index contributed by atoms with van der Waals surface area (Å²) in [5.41, 5.74) is 9.43. The maximum atomic E-state index is 10.5. The molecule has 11 heavy (non-hydrogen) atoms. The maximum Gasteiger partial charge on any atom is 0.249 e. The van der Waals surface area contributed by atoms with Crippen LogP contribution in [0.4, 0.5) is 0 Å². The third-order valence-corrected chi connectivity index (χ3v) is 1.12. The van der Waals surface area contributed by atoms with Gasteiger partial charge in [0.25, 0.3) is 0 Å². The van der Waals surface area contributed by atoms with Crippen LogP contribution in [0.25, 0.3) is 0 Å². The molecule has 1 amide bonds. The van der Waals surface area contributed by atoms with Crippen LogP contribution in [0.1, 0.15) is 0 Å². The van der Waals surface area contributed by atoms with Crippen molar-refractivity contribution in [2.24, 2.45) is 11.5 Å². The van der Waals surface area contributed by atoms with E-state index in [0.717, 1.165) is 0 Å². The molecule has 6 nitrogen and oxygen atoms in total. The van der Waals surface area contributed by atoms with Crippen molar-refractivity contribution in [3.05, 3.63) is 0 Å². The minimum Gasteiger partial charge on any atom is -0.382 e. The molecule has 2 atom stereocenters. The Balaban J connectivity index is 4.12. The molecule has 0 aliphatic carbocycles. The van der Waals surface area contributed by atoms with Gasteiger partial charge in [0.05, 0.1) is 6.54 Å². The predicted octanol–water partition coefficient (Wildman–Crippen LogP) is -3.28. The fraction of sp³-hybridized carbons (Fsp3) is 0.600. The first-order valence-electron chi connectivity index (χ1n) is 2.89. The van der Waals surface area contributed by atoms with E-state index in [0.29, 0.717) is 0 Å². The van der Waals surface area contributed by atoms with Crippen molar-refractivity contribution in [3.63, 3.8) is 0 Å². The van der Waals surface area contributed by atoms with E-state index in [2.05, 4.69) is 5.73 Å². The van der Waals surface area contributed by atoms with Crippen LogP contribution in [-0.4, -0.2) is 40.7 Å². The molecule has 0 aromatic carbocycles. The quantitative estimate of drug-likeness (QED) is 0.345. The minimum atomic E-state index is -1.87. The van der Waals surface area contributed by atoms with E-state index in [4.69, 9.17) is 15.9 Å². The smallest absolute Gasteiger partial charge is 0.249 e. The molecule has 64 valence electrons. The standard InChI is InChI=1S/C5H10N2O4/c6-1-2(8)3(9)4(10)5(7)11/h3-4,9-10H,1,6H2,(H2,7,11)/t3-,4+/m1/s1. The molecule has 0 fully saturated rings. The highest BCUT2D eigenvalue weighted by atomic mass is 16.3. The van der Waals surface area contributed by atoms with Gasteiger partial charge in [0, 0.05) is 0 Å². The number of aliphatic hydroxyl groups excluding tert-OH is 2. The molecular weight excluding hydrogens is 152 g/mol. The van der Waals surface area contributed by atoms with Crippen molar-refractivity contribution < 1.29 is 19.8 Å². The molecular formula is C5H10N2O4. The Kier molecular flexibility index (Phi) is 3.66. The normalized spacial score (nSPS) is 15.5. The molecule has 0 unspecified atom stereocenters. The summed E-state index contributed by atoms with van der Waals surface area (Å²) in [6.45, 7) is -0.439. The Morgan fingerprint density at radius 3 is 2.00 bits per heavy atom. The highest BCUT2D eigenvalue weighted by Gasteiger charge is 2.26. The van der Waals surface area contributed by atoms with Gasteiger partial charge in [-0.2, -0.15) is 0 Å². The fourth-order valence-corrected chi connectivity index (χ4v) is 0.452. The molecule has 0 spiro atoms. The van der Waals surface area contributed by atoms with Gasteiger partial charge < -0.3 is 21.7 Å². The molecule has 0 aromatic rings. The number of primary amides is 1. The molecule has 6 N–H and O–H groups in total. The number of carbonyl (C=O) groups excluding carboxylic acids is 2. The van der Waals surface area contributed by atoms with Gasteiger partial charge in [0.1, 0.15) is 6.10 Å². The van der Waals surface area contributed by atoms with Gasteiger partial charge in [-0.3, -0.25) is 9.59 Å². The SMILES string of the molecule is NCC(=O)[C@@H](O)[C@H](O)C(N)=O. The molecule has 0 rings (SSSR count). The van der Waals surface area contributed by atoms with Crippen LogP contribution in [0, 0.1) is 0 Å². The lowest BCUT2D eigenvalue weighted by Crippen LogP contribution is -2.45. The molecule has 0 radical (unpaired) electrons. The zero-order valence-corrected chi connectivity index (χ0v) is 5.73. The number of ketones is 1. The molecule has 0 heterocycles. The molecule has 6 heteroatoms. The number of amides is 1. The summed E-state index contributed by atoms with van der Waals surface area (Å²) in [5, 5.41) is 17.5. The molecule has 0 saturated heterocycles. The van der Waals surface area contributed by atoms with Gasteiger partial charge in [-0.15, -0.1) is 0 Å². The average Bonchev–Trinajstić information content (AvgIpc) is 2.00. The van der Waals surface area contributed by atoms with Crippen LogP contribution in [0.5, 0.6) is 0 Å². The number of aliphatic hydroxyl groups is 2. The number of carbonyl (C=O) groups is 2. The van der Waals surface area contributed by atoms with E-state index in [1.807, 2.05) is 0 Å². The van der Waals surface area contributed by atoms with Crippen molar-refractivity contribution in [2.75, 3.05) is 6.54 Å². The summed E-state index contributed by atoms with van der Waals surface area (Å²) in [4.78, 5) is 20.7. The Hall–Kier alpha value is -0.980. The largest absolute Gasteiger partial charge is 0.382 e. The fourth-order valence-electron chi connectivity index (χ4n) is 0.452. The van der Waals surface area contributed by atoms with E-state index in [1.54, 1.807) is 0 Å². The van der Waals surface area contributed by atoms with E-state index in [1.165, 1.54) is 0 Å². The first-order chi connectivity index (χ1) is 5.00. The van der Waals surface area contributed by atoms with Crippen molar-refractivity contribution in [1.82, 2.24) is 0 Å². The summed E-state index contributed by atoms with van der Waals surface area (Å²) in [5.74, 6) is -1.98. The van der Waals surface area contributed by atoms with Gasteiger partial charge >= 0.3 is 0 Å². The Bertz CT molecular complexity index is 170. The number of nitrogens with two attached hydrogens (primary N) is 2. The van der Waals surface area contributed by atoms with Crippen molar-refractivity contribution in [2.45, 2.75) is 12.2 Å². The van der Waals surface area contributed by atoms with E-state index in [-0.39, 0.29) is 0 Å². The molecule has 0 saturated carbocycles. The lowest BCUT2D eigenvalue weighted by molar-refractivity contribution is -0.142. The Morgan fingerprint density at radius 2 is 1.73 bits per heavy atom. The second-order valence-corrected chi connectivity index (χ2v) is 1.96. The van der Waals surface area contributed by atoms with Gasteiger partial charge in [-0.25, -0.2) is 0 Å². The molecule has 0 bridgehead atoms. The second kappa shape index (κ2) is 4.02. The Morgan fingerprint density at radius 1 is 1.27 bits per heavy atom. The average molecular weight is 162 g/mol. The Labute approximate surface area is 62.8 Å². The maximum absolute atomic E-state index is 10.5. The minimum absolute atomic E-state index is 0.439. The zero-order chi connectivity index (χ0) is 9.02. The number of hydrogen-bond donors (Lipinski definition) is 4. The topological polar surface area (TPSA) is 127 Å². The summed E-state index contributed by atoms with van der Waals surface area (Å²) < 4.78 is 0. The predicted molar refractivity (Wildman–Crippen MR) is 35.3 cm³/mol. The molecule has 0 aromatic heterocycles. The van der Waals surface area contributed by atoms with Gasteiger partial charge in [-0.05, 0) is 0 Å². The number of hydrogen-bond acceptors (Lipinski definition) is 5. The second-order valence-electron chi connectivity index (χ2n) is 1.96. The van der Waals surface area contributed by atoms with Crippen LogP contribution in [0.3, 0.4) is 0 Å². The van der Waals surface area contributed by atoms with Gasteiger partial charge in [0.2, 0.25) is 5.91 Å². The summed E-state index contributed by atoms with van der Waals surface area (Å²) in [6, 6.07) is 0. The zero-order valence-electron chi connectivity index (χ0n) is 5.73. The van der Waals surface area contributed by atoms with Gasteiger partial charge in [0.15, 0.2) is 11.9 Å². The van der Waals surface area contributed by atoms with E-state index >= 15 is 0 Å². The monoisotopic (exact) mass is 162 g/mol. The van der Waals surface area contributed by atoms with Crippen molar-refractivity contribution in [1.29, 1.82) is 0 Å². The lowest BCUT2D eigenvalue weighted by atomic mass is 10.1. The third-order valence-electron chi connectivity index (χ3n) is 1.12. The van der Waals surface area contributed by atoms with Crippen LogP contribution in [0.2, 0.25) is 0 Å². The van der Waals surface area contributed by atoms with E-state index < -0.39 is 30.4 Å². The summed E-state index contributed by atoms with van der Waals surface area (Å²) in [7, 11) is 0.